The van der Waals surface area contributed by atoms with Crippen molar-refractivity contribution in [3.8, 4) is 5.69 Å². The molecule has 0 aliphatic heterocycles. The van der Waals surface area contributed by atoms with Crippen molar-refractivity contribution in [2.75, 3.05) is 11.9 Å². The van der Waals surface area contributed by atoms with Gasteiger partial charge in [-0.1, -0.05) is 28.1 Å². The van der Waals surface area contributed by atoms with E-state index in [1.165, 1.54) is 6.07 Å². The summed E-state index contributed by atoms with van der Waals surface area (Å²) >= 11 is 3.36. The number of halogens is 2. The molecule has 0 radical (unpaired) electrons. The maximum absolute atomic E-state index is 14.1. The van der Waals surface area contributed by atoms with Crippen LogP contribution in [0.5, 0.6) is 0 Å². The third kappa shape index (κ3) is 4.67. The van der Waals surface area contributed by atoms with Gasteiger partial charge in [-0.15, -0.1) is 0 Å². The van der Waals surface area contributed by atoms with E-state index in [4.69, 9.17) is 0 Å². The maximum atomic E-state index is 14.1. The van der Waals surface area contributed by atoms with Gasteiger partial charge in [-0.3, -0.25) is 4.79 Å². The summed E-state index contributed by atoms with van der Waals surface area (Å²) in [5, 5.41) is 7.04. The Balaban J connectivity index is 1.63. The lowest BCUT2D eigenvalue weighted by atomic mass is 10.2. The van der Waals surface area contributed by atoms with E-state index in [1.807, 2.05) is 48.7 Å². The van der Waals surface area contributed by atoms with Gasteiger partial charge in [0.1, 0.15) is 5.82 Å². The number of para-hydroxylation sites is 1. The van der Waals surface area contributed by atoms with Crippen LogP contribution < -0.4 is 10.7 Å². The average Bonchev–Trinajstić information content (AvgIpc) is 2.95. The number of nitrogens with zero attached hydrogens (tertiary/aromatic N) is 2. The third-order valence-corrected chi connectivity index (χ3v) is 4.78. The maximum Gasteiger partial charge on any atom is 0.259 e. The summed E-state index contributed by atoms with van der Waals surface area (Å²) in [5.41, 5.74) is 6.35. The summed E-state index contributed by atoms with van der Waals surface area (Å²) < 4.78 is 16.9. The molecule has 3 aromatic rings. The molecule has 0 bridgehead atoms. The highest BCUT2D eigenvalue weighted by atomic mass is 79.9. The molecule has 2 aromatic carbocycles. The lowest BCUT2D eigenvalue weighted by Gasteiger charge is -2.10. The molecular formula is C21H20BrFN4O. The number of carbonyl (C=O) groups excluding carboxylic acids is 1. The van der Waals surface area contributed by atoms with Crippen LogP contribution in [0, 0.1) is 19.7 Å². The number of carbonyl (C=O) groups is 1. The fourth-order valence-electron chi connectivity index (χ4n) is 2.89. The van der Waals surface area contributed by atoms with Gasteiger partial charge in [-0.25, -0.2) is 9.82 Å². The molecule has 0 saturated heterocycles. The summed E-state index contributed by atoms with van der Waals surface area (Å²) in [6.45, 7) is 3.89. The van der Waals surface area contributed by atoms with Crippen LogP contribution in [0.3, 0.4) is 0 Å². The van der Waals surface area contributed by atoms with Crippen molar-refractivity contribution in [2.24, 2.45) is 5.10 Å². The highest BCUT2D eigenvalue weighted by Gasteiger charge is 2.12. The van der Waals surface area contributed by atoms with Crippen LogP contribution in [0.4, 0.5) is 10.1 Å². The summed E-state index contributed by atoms with van der Waals surface area (Å²) in [5.74, 6) is -0.554. The van der Waals surface area contributed by atoms with E-state index in [-0.39, 0.29) is 18.3 Å². The fourth-order valence-corrected chi connectivity index (χ4v) is 3.15. The van der Waals surface area contributed by atoms with Crippen LogP contribution >= 0.6 is 15.9 Å². The van der Waals surface area contributed by atoms with Gasteiger partial charge in [0.2, 0.25) is 0 Å². The number of amides is 1. The lowest BCUT2D eigenvalue weighted by Crippen LogP contribution is -2.25. The van der Waals surface area contributed by atoms with E-state index < -0.39 is 0 Å². The molecule has 28 heavy (non-hydrogen) atoms. The lowest BCUT2D eigenvalue weighted by molar-refractivity contribution is -0.119. The first kappa shape index (κ1) is 19.8. The molecule has 0 aliphatic rings. The summed E-state index contributed by atoms with van der Waals surface area (Å²) in [7, 11) is 0. The number of aromatic nitrogens is 1. The van der Waals surface area contributed by atoms with Crippen LogP contribution in [0.1, 0.15) is 17.0 Å². The molecule has 7 heteroatoms. The Bertz CT molecular complexity index is 1010. The summed E-state index contributed by atoms with van der Waals surface area (Å²) in [4.78, 5) is 11.9. The Morgan fingerprint density at radius 1 is 1.18 bits per heavy atom. The average molecular weight is 443 g/mol. The highest BCUT2D eigenvalue weighted by Crippen LogP contribution is 2.21. The standard InChI is InChI=1S/C21H20BrFN4O/c1-14-11-16(15(2)27(14)20-6-4-3-5-19(20)23)12-25-26-21(28)13-24-18-9-7-17(22)8-10-18/h3-12,24H,13H2,1-2H3,(H,26,28). The number of aryl methyl sites for hydroxylation is 1. The van der Waals surface area contributed by atoms with Gasteiger partial charge < -0.3 is 9.88 Å². The van der Waals surface area contributed by atoms with Gasteiger partial charge >= 0.3 is 0 Å². The summed E-state index contributed by atoms with van der Waals surface area (Å²) in [6.07, 6.45) is 1.57. The zero-order valence-electron chi connectivity index (χ0n) is 15.5. The van der Waals surface area contributed by atoms with Crippen molar-refractivity contribution in [1.82, 2.24) is 9.99 Å². The predicted octanol–water partition coefficient (Wildman–Crippen LogP) is 4.56. The Morgan fingerprint density at radius 3 is 2.61 bits per heavy atom. The topological polar surface area (TPSA) is 58.4 Å². The van der Waals surface area contributed by atoms with Crippen molar-refractivity contribution in [1.29, 1.82) is 0 Å². The molecule has 5 nitrogen and oxygen atoms in total. The monoisotopic (exact) mass is 442 g/mol. The molecule has 0 saturated carbocycles. The van der Waals surface area contributed by atoms with Crippen molar-refractivity contribution in [3.05, 3.63) is 81.8 Å². The molecule has 144 valence electrons. The zero-order valence-corrected chi connectivity index (χ0v) is 17.1. The zero-order chi connectivity index (χ0) is 20.1. The Morgan fingerprint density at radius 2 is 1.89 bits per heavy atom. The predicted molar refractivity (Wildman–Crippen MR) is 114 cm³/mol. The smallest absolute Gasteiger partial charge is 0.259 e. The van der Waals surface area contributed by atoms with Crippen LogP contribution in [0.25, 0.3) is 5.69 Å². The first-order chi connectivity index (χ1) is 13.5. The molecule has 0 fully saturated rings. The van der Waals surface area contributed by atoms with Crippen LogP contribution in [0.15, 0.2) is 64.2 Å². The Kier molecular flexibility index (Phi) is 6.26. The highest BCUT2D eigenvalue weighted by molar-refractivity contribution is 9.10. The minimum Gasteiger partial charge on any atom is -0.376 e. The number of hydrogen-bond acceptors (Lipinski definition) is 3. The number of hydrazone groups is 1. The minimum atomic E-state index is -0.292. The molecule has 3 rings (SSSR count). The largest absolute Gasteiger partial charge is 0.376 e. The van der Waals surface area contributed by atoms with E-state index in [2.05, 4.69) is 31.8 Å². The molecular weight excluding hydrogens is 423 g/mol. The minimum absolute atomic E-state index is 0.104. The molecule has 1 aromatic heterocycles. The molecule has 0 spiro atoms. The van der Waals surface area contributed by atoms with Crippen molar-refractivity contribution >= 4 is 33.7 Å². The quantitative estimate of drug-likeness (QED) is 0.434. The van der Waals surface area contributed by atoms with Gasteiger partial charge in [0.25, 0.3) is 5.91 Å². The number of hydrogen-bond donors (Lipinski definition) is 2. The summed E-state index contributed by atoms with van der Waals surface area (Å²) in [6, 6.07) is 16.0. The van der Waals surface area contributed by atoms with E-state index in [1.54, 1.807) is 24.4 Å². The first-order valence-electron chi connectivity index (χ1n) is 8.71. The van der Waals surface area contributed by atoms with Gasteiger partial charge in [0.15, 0.2) is 0 Å². The van der Waals surface area contributed by atoms with Gasteiger partial charge in [-0.05, 0) is 56.3 Å². The van der Waals surface area contributed by atoms with E-state index in [0.29, 0.717) is 5.69 Å². The number of rotatable bonds is 6. The van der Waals surface area contributed by atoms with Crippen LogP contribution in [0.2, 0.25) is 0 Å². The molecule has 0 atom stereocenters. The molecule has 1 heterocycles. The van der Waals surface area contributed by atoms with E-state index in [9.17, 15) is 9.18 Å². The second-order valence-corrected chi connectivity index (χ2v) is 7.18. The second kappa shape index (κ2) is 8.84. The first-order valence-corrected chi connectivity index (χ1v) is 9.50. The molecule has 0 unspecified atom stereocenters. The molecule has 0 aliphatic carbocycles. The third-order valence-electron chi connectivity index (χ3n) is 4.25. The number of nitrogens with one attached hydrogen (secondary N) is 2. The Hall–Kier alpha value is -2.93. The molecule has 2 N–H and O–H groups in total. The van der Waals surface area contributed by atoms with E-state index in [0.717, 1.165) is 27.1 Å². The fraction of sp³-hybridized carbons (Fsp3) is 0.143. The van der Waals surface area contributed by atoms with Crippen LogP contribution in [-0.2, 0) is 4.79 Å². The van der Waals surface area contributed by atoms with Crippen molar-refractivity contribution in [3.63, 3.8) is 0 Å². The number of benzene rings is 2. The second-order valence-electron chi connectivity index (χ2n) is 6.27. The van der Waals surface area contributed by atoms with Crippen LogP contribution in [-0.4, -0.2) is 23.2 Å². The van der Waals surface area contributed by atoms with Gasteiger partial charge in [-0.2, -0.15) is 5.10 Å². The SMILES string of the molecule is Cc1cc(C=NNC(=O)CNc2ccc(Br)cc2)c(C)n1-c1ccccc1F. The molecule has 1 amide bonds. The number of anilines is 1. The van der Waals surface area contributed by atoms with Gasteiger partial charge in [0.05, 0.1) is 18.4 Å². The van der Waals surface area contributed by atoms with E-state index >= 15 is 0 Å². The normalized spacial score (nSPS) is 11.0. The van der Waals surface area contributed by atoms with Crippen molar-refractivity contribution in [2.45, 2.75) is 13.8 Å². The Labute approximate surface area is 171 Å². The van der Waals surface area contributed by atoms with Gasteiger partial charge in [0, 0.05) is 27.1 Å². The van der Waals surface area contributed by atoms with Crippen molar-refractivity contribution < 1.29 is 9.18 Å².